The van der Waals surface area contributed by atoms with Crippen LogP contribution in [0.2, 0.25) is 0 Å². The zero-order valence-electron chi connectivity index (χ0n) is 18.3. The molecular formula is C22H33NO6. The van der Waals surface area contributed by atoms with Gasteiger partial charge in [-0.15, -0.1) is 0 Å². The van der Waals surface area contributed by atoms with E-state index in [1.165, 1.54) is 0 Å². The molecule has 0 saturated carbocycles. The molecule has 0 bridgehead atoms. The third-order valence-electron chi connectivity index (χ3n) is 3.52. The Morgan fingerprint density at radius 2 is 1.66 bits per heavy atom. The highest BCUT2D eigenvalue weighted by Crippen LogP contribution is 2.22. The van der Waals surface area contributed by atoms with Crippen molar-refractivity contribution in [1.82, 2.24) is 5.06 Å². The number of carbonyl (C=O) groups excluding carboxylic acids is 3. The highest BCUT2D eigenvalue weighted by Gasteiger charge is 2.37. The van der Waals surface area contributed by atoms with Crippen molar-refractivity contribution in [2.45, 2.75) is 84.7 Å². The fourth-order valence-corrected chi connectivity index (χ4v) is 2.38. The smallest absolute Gasteiger partial charge is 0.435 e. The van der Waals surface area contributed by atoms with Gasteiger partial charge in [0.1, 0.15) is 18.5 Å². The van der Waals surface area contributed by atoms with Crippen molar-refractivity contribution in [3.63, 3.8) is 0 Å². The van der Waals surface area contributed by atoms with Gasteiger partial charge >= 0.3 is 12.1 Å². The van der Waals surface area contributed by atoms with Crippen LogP contribution in [0.3, 0.4) is 0 Å². The third-order valence-corrected chi connectivity index (χ3v) is 3.52. The summed E-state index contributed by atoms with van der Waals surface area (Å²) in [6.45, 7) is 10.6. The van der Waals surface area contributed by atoms with Gasteiger partial charge in [-0.05, 0) is 59.9 Å². The number of nitrogens with zero attached hydrogens (tertiary/aromatic N) is 1. The predicted molar refractivity (Wildman–Crippen MR) is 109 cm³/mol. The van der Waals surface area contributed by atoms with Gasteiger partial charge in [0, 0.05) is 6.42 Å². The Labute approximate surface area is 173 Å². The van der Waals surface area contributed by atoms with Crippen molar-refractivity contribution < 1.29 is 28.7 Å². The van der Waals surface area contributed by atoms with E-state index in [0.29, 0.717) is 6.42 Å². The number of ether oxygens (including phenoxy) is 2. The lowest BCUT2D eigenvalue weighted by molar-refractivity contribution is -0.235. The average molecular weight is 408 g/mol. The minimum Gasteiger partial charge on any atom is -0.459 e. The summed E-state index contributed by atoms with van der Waals surface area (Å²) in [6.07, 6.45) is 0.873. The summed E-state index contributed by atoms with van der Waals surface area (Å²) in [5, 5.41) is 0.948. The second-order valence-electron chi connectivity index (χ2n) is 8.72. The number of amides is 1. The molecule has 162 valence electrons. The molecule has 1 aromatic carbocycles. The Morgan fingerprint density at radius 3 is 2.17 bits per heavy atom. The van der Waals surface area contributed by atoms with Gasteiger partial charge in [-0.2, -0.15) is 5.06 Å². The summed E-state index contributed by atoms with van der Waals surface area (Å²) in [4.78, 5) is 42.2. The van der Waals surface area contributed by atoms with Gasteiger partial charge in [0.25, 0.3) is 0 Å². The highest BCUT2D eigenvalue weighted by molar-refractivity contribution is 5.81. The normalized spacial score (nSPS) is 12.8. The van der Waals surface area contributed by atoms with Crippen LogP contribution in [0, 0.1) is 0 Å². The topological polar surface area (TPSA) is 82.1 Å². The fourth-order valence-electron chi connectivity index (χ4n) is 2.38. The van der Waals surface area contributed by atoms with Crippen LogP contribution in [0.25, 0.3) is 0 Å². The van der Waals surface area contributed by atoms with Crippen LogP contribution >= 0.6 is 0 Å². The Kier molecular flexibility index (Phi) is 9.30. The zero-order valence-corrected chi connectivity index (χ0v) is 18.3. The maximum absolute atomic E-state index is 12.9. The molecule has 1 amide bonds. The van der Waals surface area contributed by atoms with Gasteiger partial charge in [0.2, 0.25) is 0 Å². The largest absolute Gasteiger partial charge is 0.459 e. The molecule has 0 aliphatic carbocycles. The lowest BCUT2D eigenvalue weighted by atomic mass is 10.1. The molecule has 0 saturated heterocycles. The van der Waals surface area contributed by atoms with Crippen molar-refractivity contribution in [3.8, 4) is 0 Å². The number of benzene rings is 1. The molecule has 1 atom stereocenters. The Bertz CT molecular complexity index is 660. The van der Waals surface area contributed by atoms with Crippen LogP contribution < -0.4 is 0 Å². The first-order valence-corrected chi connectivity index (χ1v) is 9.78. The molecule has 7 heteroatoms. The van der Waals surface area contributed by atoms with Gasteiger partial charge in [-0.3, -0.25) is 4.84 Å². The first-order chi connectivity index (χ1) is 13.4. The summed E-state index contributed by atoms with van der Waals surface area (Å²) in [5.74, 6) is -0.616. The molecular weight excluding hydrogens is 374 g/mol. The predicted octanol–water partition coefficient (Wildman–Crippen LogP) is 4.43. The number of aldehydes is 1. The second-order valence-corrected chi connectivity index (χ2v) is 8.72. The maximum Gasteiger partial charge on any atom is 0.435 e. The molecule has 0 fully saturated rings. The molecule has 0 aliphatic rings. The van der Waals surface area contributed by atoms with Crippen LogP contribution in [0.4, 0.5) is 4.79 Å². The summed E-state index contributed by atoms with van der Waals surface area (Å²) < 4.78 is 10.9. The van der Waals surface area contributed by atoms with E-state index in [0.717, 1.165) is 16.9 Å². The van der Waals surface area contributed by atoms with E-state index in [1.807, 2.05) is 30.3 Å². The third kappa shape index (κ3) is 10.1. The molecule has 0 N–H and O–H groups in total. The molecule has 29 heavy (non-hydrogen) atoms. The van der Waals surface area contributed by atoms with Crippen molar-refractivity contribution in [2.24, 2.45) is 0 Å². The first kappa shape index (κ1) is 24.6. The van der Waals surface area contributed by atoms with E-state index in [4.69, 9.17) is 14.3 Å². The highest BCUT2D eigenvalue weighted by atomic mass is 16.7. The summed E-state index contributed by atoms with van der Waals surface area (Å²) in [6, 6.07) is 8.21. The number of unbranched alkanes of at least 4 members (excludes halogenated alkanes) is 1. The van der Waals surface area contributed by atoms with E-state index >= 15 is 0 Å². The number of hydrogen-bond acceptors (Lipinski definition) is 6. The summed E-state index contributed by atoms with van der Waals surface area (Å²) >= 11 is 0. The van der Waals surface area contributed by atoms with E-state index in [1.54, 1.807) is 41.5 Å². The van der Waals surface area contributed by atoms with Crippen molar-refractivity contribution in [2.75, 3.05) is 0 Å². The molecule has 0 heterocycles. The lowest BCUT2D eigenvalue weighted by Gasteiger charge is -2.35. The molecule has 0 aliphatic heterocycles. The standard InChI is InChI=1S/C22H33NO6/c1-21(2,3)28-20(26)23(29-22(4,5)6)18(14-10-11-15-24)19(25)27-16-17-12-8-7-9-13-17/h7-9,12-13,15,18H,10-11,14,16H2,1-6H3/t18-/m0/s1. The second kappa shape index (κ2) is 11.0. The fraction of sp³-hybridized carbons (Fsp3) is 0.591. The Hall–Kier alpha value is -2.41. The van der Waals surface area contributed by atoms with Crippen LogP contribution in [0.15, 0.2) is 30.3 Å². The van der Waals surface area contributed by atoms with Crippen LogP contribution in [0.1, 0.15) is 66.4 Å². The molecule has 0 unspecified atom stereocenters. The molecule has 1 aromatic rings. The van der Waals surface area contributed by atoms with E-state index in [2.05, 4.69) is 0 Å². The molecule has 0 aromatic heterocycles. The summed E-state index contributed by atoms with van der Waals surface area (Å²) in [7, 11) is 0. The van der Waals surface area contributed by atoms with Crippen LogP contribution in [-0.2, 0) is 30.5 Å². The number of esters is 1. The van der Waals surface area contributed by atoms with Crippen molar-refractivity contribution in [1.29, 1.82) is 0 Å². The maximum atomic E-state index is 12.9. The number of hydroxylamine groups is 2. The number of carbonyl (C=O) groups is 3. The Morgan fingerprint density at radius 1 is 1.03 bits per heavy atom. The first-order valence-electron chi connectivity index (χ1n) is 9.78. The van der Waals surface area contributed by atoms with Gasteiger partial charge in [-0.1, -0.05) is 30.3 Å². The minimum absolute atomic E-state index is 0.0710. The monoisotopic (exact) mass is 407 g/mol. The number of rotatable bonds is 9. The van der Waals surface area contributed by atoms with Gasteiger partial charge in [0.05, 0.1) is 5.60 Å². The molecule has 0 radical (unpaired) electrons. The van der Waals surface area contributed by atoms with E-state index < -0.39 is 29.3 Å². The van der Waals surface area contributed by atoms with Crippen molar-refractivity contribution >= 4 is 18.3 Å². The Balaban J connectivity index is 3.05. The van der Waals surface area contributed by atoms with Gasteiger partial charge in [0.15, 0.2) is 6.04 Å². The molecule has 1 rings (SSSR count). The van der Waals surface area contributed by atoms with Crippen LogP contribution in [-0.4, -0.2) is 40.7 Å². The zero-order chi connectivity index (χ0) is 22.1. The van der Waals surface area contributed by atoms with Gasteiger partial charge in [-0.25, -0.2) is 9.59 Å². The van der Waals surface area contributed by atoms with E-state index in [9.17, 15) is 14.4 Å². The van der Waals surface area contributed by atoms with Crippen molar-refractivity contribution in [3.05, 3.63) is 35.9 Å². The SMILES string of the molecule is CC(C)(C)OC(=O)N(OC(C)(C)C)[C@@H](CCCC=O)C(=O)OCc1ccccc1. The minimum atomic E-state index is -1.03. The van der Waals surface area contributed by atoms with Crippen LogP contribution in [0.5, 0.6) is 0 Å². The molecule has 0 spiro atoms. The van der Waals surface area contributed by atoms with Gasteiger partial charge < -0.3 is 14.3 Å². The number of hydrogen-bond donors (Lipinski definition) is 0. The lowest BCUT2D eigenvalue weighted by Crippen LogP contribution is -2.50. The quantitative estimate of drug-likeness (QED) is 0.261. The summed E-state index contributed by atoms with van der Waals surface area (Å²) in [5.41, 5.74) is -0.690. The molecule has 7 nitrogen and oxygen atoms in total. The average Bonchev–Trinajstić information content (AvgIpc) is 2.60. The van der Waals surface area contributed by atoms with E-state index in [-0.39, 0.29) is 19.4 Å².